The highest BCUT2D eigenvalue weighted by Crippen LogP contribution is 2.41. The number of rotatable bonds is 6. The maximum atomic E-state index is 12.1. The summed E-state index contributed by atoms with van der Waals surface area (Å²) in [6, 6.07) is 2.00. The lowest BCUT2D eigenvalue weighted by Gasteiger charge is -2.27. The van der Waals surface area contributed by atoms with E-state index < -0.39 is 5.54 Å². The molecule has 0 bridgehead atoms. The molecule has 1 aromatic heterocycles. The normalized spacial score (nSPS) is 25.9. The lowest BCUT2D eigenvalue weighted by molar-refractivity contribution is -0.148. The van der Waals surface area contributed by atoms with Crippen LogP contribution in [0.15, 0.2) is 21.6 Å². The van der Waals surface area contributed by atoms with Crippen molar-refractivity contribution in [3.8, 4) is 0 Å². The van der Waals surface area contributed by atoms with Crippen molar-refractivity contribution in [2.24, 2.45) is 0 Å². The Morgan fingerprint density at radius 2 is 2.45 bits per heavy atom. The summed E-state index contributed by atoms with van der Waals surface area (Å²) in [6.07, 6.45) is 5.40. The van der Waals surface area contributed by atoms with Crippen LogP contribution in [0.4, 0.5) is 0 Å². The van der Waals surface area contributed by atoms with E-state index in [4.69, 9.17) is 9.15 Å². The molecule has 0 aliphatic heterocycles. The third-order valence-electron chi connectivity index (χ3n) is 3.86. The molecule has 1 heterocycles. The van der Waals surface area contributed by atoms with Gasteiger partial charge >= 0.3 is 5.97 Å². The molecule has 0 aromatic carbocycles. The summed E-state index contributed by atoms with van der Waals surface area (Å²) in [7, 11) is 1.47. The standard InChI is InChI=1S/C15H23NO3S/c1-4-8-16-15(14(17)18-3)7-5-12(10-15)20-13-6-9-19-11(13)2/h6,9,12,16H,4-5,7-8,10H2,1-3H3. The van der Waals surface area contributed by atoms with Gasteiger partial charge in [-0.3, -0.25) is 4.79 Å². The minimum absolute atomic E-state index is 0.127. The van der Waals surface area contributed by atoms with E-state index in [0.717, 1.165) is 38.0 Å². The number of nitrogens with one attached hydrogen (secondary N) is 1. The number of esters is 1. The lowest BCUT2D eigenvalue weighted by Crippen LogP contribution is -2.51. The number of ether oxygens (including phenoxy) is 1. The third-order valence-corrected chi connectivity index (χ3v) is 5.28. The average Bonchev–Trinajstić information content (AvgIpc) is 3.04. The van der Waals surface area contributed by atoms with Crippen molar-refractivity contribution >= 4 is 17.7 Å². The largest absolute Gasteiger partial charge is 0.468 e. The van der Waals surface area contributed by atoms with Gasteiger partial charge in [0.25, 0.3) is 0 Å². The second-order valence-corrected chi connectivity index (χ2v) is 6.67. The fourth-order valence-corrected chi connectivity index (χ4v) is 4.06. The molecule has 112 valence electrons. The van der Waals surface area contributed by atoms with Crippen LogP contribution < -0.4 is 5.32 Å². The first-order valence-corrected chi connectivity index (χ1v) is 8.03. The van der Waals surface area contributed by atoms with E-state index in [9.17, 15) is 4.79 Å². The van der Waals surface area contributed by atoms with E-state index in [-0.39, 0.29) is 5.97 Å². The van der Waals surface area contributed by atoms with Crippen molar-refractivity contribution in [3.05, 3.63) is 18.1 Å². The van der Waals surface area contributed by atoms with Gasteiger partial charge < -0.3 is 14.5 Å². The second-order valence-electron chi connectivity index (χ2n) is 5.32. The van der Waals surface area contributed by atoms with Crippen LogP contribution in [0.25, 0.3) is 0 Å². The fraction of sp³-hybridized carbons (Fsp3) is 0.667. The minimum atomic E-state index is -0.500. The lowest BCUT2D eigenvalue weighted by atomic mass is 9.97. The molecule has 5 heteroatoms. The van der Waals surface area contributed by atoms with Gasteiger partial charge in [0, 0.05) is 10.1 Å². The Hall–Kier alpha value is -0.940. The highest BCUT2D eigenvalue weighted by atomic mass is 32.2. The topological polar surface area (TPSA) is 51.5 Å². The van der Waals surface area contributed by atoms with Gasteiger partial charge in [-0.05, 0) is 45.2 Å². The van der Waals surface area contributed by atoms with Gasteiger partial charge in [-0.15, -0.1) is 11.8 Å². The molecule has 1 N–H and O–H groups in total. The molecule has 1 aliphatic rings. The summed E-state index contributed by atoms with van der Waals surface area (Å²) in [6.45, 7) is 4.92. The molecule has 4 nitrogen and oxygen atoms in total. The van der Waals surface area contributed by atoms with Crippen molar-refractivity contribution < 1.29 is 13.9 Å². The second kappa shape index (κ2) is 6.68. The first-order chi connectivity index (χ1) is 9.61. The number of aryl methyl sites for hydroxylation is 1. The average molecular weight is 297 g/mol. The van der Waals surface area contributed by atoms with Crippen molar-refractivity contribution in [2.45, 2.75) is 55.2 Å². The van der Waals surface area contributed by atoms with Gasteiger partial charge in [-0.1, -0.05) is 6.92 Å². The molecule has 2 unspecified atom stereocenters. The predicted octanol–water partition coefficient (Wildman–Crippen LogP) is 3.14. The summed E-state index contributed by atoms with van der Waals surface area (Å²) in [5.41, 5.74) is -0.500. The smallest absolute Gasteiger partial charge is 0.326 e. The summed E-state index contributed by atoms with van der Waals surface area (Å²) in [5, 5.41) is 3.83. The van der Waals surface area contributed by atoms with Gasteiger partial charge in [0.1, 0.15) is 11.3 Å². The number of methoxy groups -OCH3 is 1. The Labute approximate surface area is 124 Å². The van der Waals surface area contributed by atoms with Gasteiger partial charge in [-0.2, -0.15) is 0 Å². The molecular weight excluding hydrogens is 274 g/mol. The molecule has 0 radical (unpaired) electrons. The summed E-state index contributed by atoms with van der Waals surface area (Å²) < 4.78 is 10.3. The van der Waals surface area contributed by atoms with E-state index >= 15 is 0 Å². The Kier molecular flexibility index (Phi) is 5.16. The molecule has 2 rings (SSSR count). The van der Waals surface area contributed by atoms with Crippen LogP contribution in [0.3, 0.4) is 0 Å². The zero-order valence-corrected chi connectivity index (χ0v) is 13.2. The van der Waals surface area contributed by atoms with Crippen LogP contribution in [0.5, 0.6) is 0 Å². The van der Waals surface area contributed by atoms with Crippen LogP contribution in [0.1, 0.15) is 38.4 Å². The summed E-state index contributed by atoms with van der Waals surface area (Å²) >= 11 is 1.81. The first-order valence-electron chi connectivity index (χ1n) is 7.15. The monoisotopic (exact) mass is 297 g/mol. The van der Waals surface area contributed by atoms with Gasteiger partial charge in [0.05, 0.1) is 13.4 Å². The van der Waals surface area contributed by atoms with Crippen molar-refractivity contribution in [2.75, 3.05) is 13.7 Å². The van der Waals surface area contributed by atoms with Crippen molar-refractivity contribution in [3.63, 3.8) is 0 Å². The zero-order valence-electron chi connectivity index (χ0n) is 12.4. The van der Waals surface area contributed by atoms with E-state index in [0.29, 0.717) is 5.25 Å². The fourth-order valence-electron chi connectivity index (χ4n) is 2.75. The first kappa shape index (κ1) is 15.4. The molecule has 1 saturated carbocycles. The molecule has 0 amide bonds. The quantitative estimate of drug-likeness (QED) is 0.818. The van der Waals surface area contributed by atoms with Gasteiger partial charge in [0.2, 0.25) is 0 Å². The van der Waals surface area contributed by atoms with Crippen LogP contribution in [-0.2, 0) is 9.53 Å². The van der Waals surface area contributed by atoms with E-state index in [2.05, 4.69) is 12.2 Å². The molecule has 1 fully saturated rings. The Balaban J connectivity index is 2.03. The van der Waals surface area contributed by atoms with Crippen LogP contribution in [0, 0.1) is 6.92 Å². The number of carbonyl (C=O) groups excluding carboxylic acids is 1. The SMILES string of the molecule is CCCNC1(C(=O)OC)CCC(Sc2ccoc2C)C1. The highest BCUT2D eigenvalue weighted by molar-refractivity contribution is 8.00. The number of hydrogen-bond donors (Lipinski definition) is 1. The number of furan rings is 1. The Bertz CT molecular complexity index is 460. The van der Waals surface area contributed by atoms with Crippen molar-refractivity contribution in [1.82, 2.24) is 5.32 Å². The molecule has 2 atom stereocenters. The van der Waals surface area contributed by atoms with Gasteiger partial charge in [0.15, 0.2) is 0 Å². The predicted molar refractivity (Wildman–Crippen MR) is 80.0 cm³/mol. The number of carbonyl (C=O) groups is 1. The maximum Gasteiger partial charge on any atom is 0.326 e. The molecule has 1 aliphatic carbocycles. The third kappa shape index (κ3) is 3.20. The van der Waals surface area contributed by atoms with Gasteiger partial charge in [-0.25, -0.2) is 0 Å². The summed E-state index contributed by atoms with van der Waals surface area (Å²) in [4.78, 5) is 13.3. The molecule has 0 saturated heterocycles. The highest BCUT2D eigenvalue weighted by Gasteiger charge is 2.46. The van der Waals surface area contributed by atoms with Crippen LogP contribution in [-0.4, -0.2) is 30.4 Å². The number of thioether (sulfide) groups is 1. The Morgan fingerprint density at radius 3 is 3.05 bits per heavy atom. The van der Waals surface area contributed by atoms with Crippen LogP contribution in [0.2, 0.25) is 0 Å². The number of hydrogen-bond acceptors (Lipinski definition) is 5. The van der Waals surface area contributed by atoms with Crippen molar-refractivity contribution in [1.29, 1.82) is 0 Å². The Morgan fingerprint density at radius 1 is 1.65 bits per heavy atom. The molecular formula is C15H23NO3S. The summed E-state index contributed by atoms with van der Waals surface area (Å²) in [5.74, 6) is 0.824. The maximum absolute atomic E-state index is 12.1. The molecule has 0 spiro atoms. The zero-order chi connectivity index (χ0) is 14.6. The molecule has 20 heavy (non-hydrogen) atoms. The van der Waals surface area contributed by atoms with E-state index in [1.165, 1.54) is 12.0 Å². The van der Waals surface area contributed by atoms with Crippen LogP contribution >= 0.6 is 11.8 Å². The van der Waals surface area contributed by atoms with E-state index in [1.807, 2.05) is 13.0 Å². The minimum Gasteiger partial charge on any atom is -0.468 e. The van der Waals surface area contributed by atoms with E-state index in [1.54, 1.807) is 18.0 Å². The molecule has 1 aromatic rings.